The van der Waals surface area contributed by atoms with Crippen molar-refractivity contribution in [3.8, 4) is 0 Å². The van der Waals surface area contributed by atoms with Crippen LogP contribution in [0.1, 0.15) is 82.3 Å². The van der Waals surface area contributed by atoms with E-state index in [0.717, 1.165) is 50.5 Å². The highest BCUT2D eigenvalue weighted by Gasteiger charge is 2.44. The summed E-state index contributed by atoms with van der Waals surface area (Å²) in [5.41, 5.74) is 3.62. The average Bonchev–Trinajstić information content (AvgIpc) is 3.70. The molecule has 40 heavy (non-hydrogen) atoms. The number of fused-ring (bicyclic) bond motifs is 1. The number of rotatable bonds is 8. The van der Waals surface area contributed by atoms with E-state index in [1.165, 1.54) is 56.1 Å². The Labute approximate surface area is 240 Å². The topological polar surface area (TPSA) is 94.3 Å². The molecular weight excluding hydrogens is 498 g/mol. The largest absolute Gasteiger partial charge is 0.373 e. The highest BCUT2D eigenvalue weighted by Crippen LogP contribution is 2.41. The molecule has 1 aromatic rings. The lowest BCUT2D eigenvalue weighted by atomic mass is 9.71. The smallest absolute Gasteiger partial charge is 0.243 e. The van der Waals surface area contributed by atoms with Gasteiger partial charge in [0.2, 0.25) is 11.8 Å². The van der Waals surface area contributed by atoms with Gasteiger partial charge >= 0.3 is 0 Å². The Morgan fingerprint density at radius 3 is 2.55 bits per heavy atom. The first-order valence-corrected chi connectivity index (χ1v) is 16.3. The molecule has 2 saturated carbocycles. The second-order valence-corrected chi connectivity index (χ2v) is 13.9. The van der Waals surface area contributed by atoms with Crippen LogP contribution in [-0.4, -0.2) is 55.6 Å². The molecule has 0 radical (unpaired) electrons. The Balaban J connectivity index is 0.962. The third-order valence-corrected chi connectivity index (χ3v) is 10.8. The minimum atomic E-state index is -0.168. The van der Waals surface area contributed by atoms with E-state index >= 15 is 0 Å². The minimum absolute atomic E-state index is 0.156. The summed E-state index contributed by atoms with van der Waals surface area (Å²) in [4.78, 5) is 26.0. The van der Waals surface area contributed by atoms with Crippen LogP contribution >= 0.6 is 0 Å². The van der Waals surface area contributed by atoms with Crippen LogP contribution in [0.2, 0.25) is 0 Å². The van der Waals surface area contributed by atoms with Crippen LogP contribution in [0.25, 0.3) is 0 Å². The van der Waals surface area contributed by atoms with E-state index in [1.54, 1.807) is 0 Å². The van der Waals surface area contributed by atoms with Gasteiger partial charge in [0, 0.05) is 36.7 Å². The fraction of sp³-hybridized carbons (Fsp3) is 0.758. The van der Waals surface area contributed by atoms with Crippen LogP contribution in [0.3, 0.4) is 0 Å². The normalized spacial score (nSPS) is 34.8. The Kier molecular flexibility index (Phi) is 8.69. The lowest BCUT2D eigenvalue weighted by Crippen LogP contribution is -2.60. The maximum atomic E-state index is 13.4. The number of benzene rings is 1. The van der Waals surface area contributed by atoms with E-state index in [4.69, 9.17) is 0 Å². The van der Waals surface area contributed by atoms with E-state index in [-0.39, 0.29) is 23.9 Å². The zero-order valence-corrected chi connectivity index (χ0v) is 24.6. The van der Waals surface area contributed by atoms with Crippen LogP contribution in [0.4, 0.5) is 5.69 Å². The monoisotopic (exact) mass is 549 g/mol. The van der Waals surface area contributed by atoms with E-state index in [9.17, 15) is 9.59 Å². The number of aryl methyl sites for hydroxylation is 1. The quantitative estimate of drug-likeness (QED) is 0.339. The average molecular weight is 550 g/mol. The van der Waals surface area contributed by atoms with Crippen molar-refractivity contribution in [1.29, 1.82) is 0 Å². The van der Waals surface area contributed by atoms with Crippen LogP contribution in [0, 0.1) is 36.5 Å². The number of amides is 2. The molecule has 220 valence electrons. The molecule has 7 nitrogen and oxygen atoms in total. The minimum Gasteiger partial charge on any atom is -0.373 e. The van der Waals surface area contributed by atoms with Crippen LogP contribution < -0.4 is 26.6 Å². The summed E-state index contributed by atoms with van der Waals surface area (Å²) in [5.74, 6) is 3.51. The maximum Gasteiger partial charge on any atom is 0.243 e. The standard InChI is InChI=1S/C33H51N5O2/c1-20-5-3-7-25-17-28(37-30(20)25)33(40)38-32(24-8-9-24)31-21(2)15-26(19-35-31)23-10-12-27(13-11-23)36-29(39)16-22-6-4-14-34-18-22/h3,5,7,21-24,26-28,31-32,34-35,37H,4,6,8-19H2,1-2H3,(H,36,39)(H,38,40). The molecule has 0 spiro atoms. The number of hydrogen-bond acceptors (Lipinski definition) is 5. The van der Waals surface area contributed by atoms with Gasteiger partial charge in [0.25, 0.3) is 0 Å². The molecule has 0 bridgehead atoms. The highest BCUT2D eigenvalue weighted by molar-refractivity contribution is 5.88. The van der Waals surface area contributed by atoms with Crippen molar-refractivity contribution < 1.29 is 9.59 Å². The van der Waals surface area contributed by atoms with Gasteiger partial charge in [0.1, 0.15) is 6.04 Å². The van der Waals surface area contributed by atoms with Gasteiger partial charge in [-0.3, -0.25) is 9.59 Å². The van der Waals surface area contributed by atoms with Gasteiger partial charge in [-0.05, 0) is 125 Å². The van der Waals surface area contributed by atoms with E-state index < -0.39 is 0 Å². The van der Waals surface area contributed by atoms with Gasteiger partial charge in [0.15, 0.2) is 0 Å². The van der Waals surface area contributed by atoms with Gasteiger partial charge in [0.05, 0.1) is 0 Å². The first kappa shape index (κ1) is 28.0. The molecule has 0 aromatic heterocycles. The molecule has 2 saturated heterocycles. The first-order chi connectivity index (χ1) is 19.4. The predicted octanol–water partition coefficient (Wildman–Crippen LogP) is 3.91. The number of para-hydroxylation sites is 1. The van der Waals surface area contributed by atoms with Crippen molar-refractivity contribution in [2.24, 2.45) is 29.6 Å². The third kappa shape index (κ3) is 6.51. The molecule has 3 aliphatic heterocycles. The molecule has 3 heterocycles. The SMILES string of the molecule is Cc1cccc2c1NC(C(=O)NC(C1CC1)C1NCC(C3CCC(NC(=O)CC4CCCNC4)CC3)CC1C)C2. The Morgan fingerprint density at radius 1 is 1.02 bits per heavy atom. The van der Waals surface area contributed by atoms with Crippen molar-refractivity contribution in [3.63, 3.8) is 0 Å². The predicted molar refractivity (Wildman–Crippen MR) is 160 cm³/mol. The molecule has 4 fully saturated rings. The number of nitrogens with one attached hydrogen (secondary N) is 5. The molecule has 6 unspecified atom stereocenters. The molecule has 5 aliphatic rings. The van der Waals surface area contributed by atoms with Gasteiger partial charge in [-0.1, -0.05) is 25.1 Å². The summed E-state index contributed by atoms with van der Waals surface area (Å²) in [6, 6.07) is 7.11. The lowest BCUT2D eigenvalue weighted by Gasteiger charge is -2.44. The summed E-state index contributed by atoms with van der Waals surface area (Å²) in [5, 5.41) is 17.7. The molecule has 1 aromatic carbocycles. The number of carbonyl (C=O) groups is 2. The molecule has 2 amide bonds. The number of piperidine rings is 2. The van der Waals surface area contributed by atoms with Gasteiger partial charge < -0.3 is 26.6 Å². The lowest BCUT2D eigenvalue weighted by molar-refractivity contribution is -0.123. The van der Waals surface area contributed by atoms with E-state index in [1.807, 2.05) is 0 Å². The van der Waals surface area contributed by atoms with E-state index in [0.29, 0.717) is 42.2 Å². The Bertz CT molecular complexity index is 1040. The van der Waals surface area contributed by atoms with Gasteiger partial charge in [-0.2, -0.15) is 0 Å². The van der Waals surface area contributed by atoms with Crippen molar-refractivity contribution in [3.05, 3.63) is 29.3 Å². The summed E-state index contributed by atoms with van der Waals surface area (Å²) < 4.78 is 0. The molecule has 2 aliphatic carbocycles. The fourth-order valence-electron chi connectivity index (χ4n) is 8.35. The number of hydrogen-bond donors (Lipinski definition) is 5. The molecule has 5 N–H and O–H groups in total. The zero-order chi connectivity index (χ0) is 27.6. The zero-order valence-electron chi connectivity index (χ0n) is 24.6. The summed E-state index contributed by atoms with van der Waals surface area (Å²) in [6.45, 7) is 7.65. The third-order valence-electron chi connectivity index (χ3n) is 10.8. The van der Waals surface area contributed by atoms with E-state index in [2.05, 4.69) is 58.6 Å². The molecule has 7 heteroatoms. The summed E-state index contributed by atoms with van der Waals surface area (Å²) >= 11 is 0. The number of carbonyl (C=O) groups excluding carboxylic acids is 2. The van der Waals surface area contributed by atoms with Crippen LogP contribution in [0.5, 0.6) is 0 Å². The second-order valence-electron chi connectivity index (χ2n) is 13.9. The van der Waals surface area contributed by atoms with Crippen molar-refractivity contribution in [1.82, 2.24) is 21.3 Å². The van der Waals surface area contributed by atoms with Crippen molar-refractivity contribution in [2.75, 3.05) is 25.0 Å². The van der Waals surface area contributed by atoms with Gasteiger partial charge in [-0.15, -0.1) is 0 Å². The fourth-order valence-corrected chi connectivity index (χ4v) is 8.35. The first-order valence-electron chi connectivity index (χ1n) is 16.3. The Hall–Kier alpha value is -2.12. The molecule has 6 rings (SSSR count). The summed E-state index contributed by atoms with van der Waals surface area (Å²) in [6.07, 6.45) is 12.2. The van der Waals surface area contributed by atoms with Crippen LogP contribution in [0.15, 0.2) is 18.2 Å². The van der Waals surface area contributed by atoms with Gasteiger partial charge in [-0.25, -0.2) is 0 Å². The molecular formula is C33H51N5O2. The number of anilines is 1. The van der Waals surface area contributed by atoms with Crippen molar-refractivity contribution >= 4 is 17.5 Å². The van der Waals surface area contributed by atoms with Crippen LogP contribution in [-0.2, 0) is 16.0 Å². The highest BCUT2D eigenvalue weighted by atomic mass is 16.2. The van der Waals surface area contributed by atoms with Crippen molar-refractivity contribution in [2.45, 2.75) is 109 Å². The molecule has 6 atom stereocenters. The second kappa shape index (κ2) is 12.4. The maximum absolute atomic E-state index is 13.4. The Morgan fingerprint density at radius 2 is 1.85 bits per heavy atom. The summed E-state index contributed by atoms with van der Waals surface area (Å²) in [7, 11) is 0.